The third-order valence-corrected chi connectivity index (χ3v) is 5.77. The molecule has 1 saturated carbocycles. The molecule has 0 unspecified atom stereocenters. The second-order valence-corrected chi connectivity index (χ2v) is 7.50. The van der Waals surface area contributed by atoms with Crippen LogP contribution in [-0.2, 0) is 18.0 Å². The summed E-state index contributed by atoms with van der Waals surface area (Å²) in [6, 6.07) is 5.56. The summed E-state index contributed by atoms with van der Waals surface area (Å²) in [4.78, 5) is 8.55. The highest BCUT2D eigenvalue weighted by Gasteiger charge is 2.41. The molecule has 0 saturated heterocycles. The van der Waals surface area contributed by atoms with Crippen molar-refractivity contribution in [3.8, 4) is 11.5 Å². The Balaban J connectivity index is 1.57. The first-order chi connectivity index (χ1) is 13.3. The van der Waals surface area contributed by atoms with Crippen molar-refractivity contribution in [1.29, 1.82) is 0 Å². The molecule has 1 aliphatic rings. The van der Waals surface area contributed by atoms with E-state index in [-0.39, 0.29) is 16.9 Å². The second kappa shape index (κ2) is 7.00. The van der Waals surface area contributed by atoms with Gasteiger partial charge in [0.1, 0.15) is 5.82 Å². The molecule has 3 aromatic rings. The molecule has 1 fully saturated rings. The zero-order valence-electron chi connectivity index (χ0n) is 14.3. The van der Waals surface area contributed by atoms with Gasteiger partial charge in [-0.1, -0.05) is 41.8 Å². The molecule has 4 rings (SSSR count). The molecule has 0 aliphatic heterocycles. The fraction of sp³-hybridized carbons (Fsp3) is 0.333. The van der Waals surface area contributed by atoms with Crippen molar-refractivity contribution in [2.24, 2.45) is 0 Å². The predicted molar refractivity (Wildman–Crippen MR) is 96.0 cm³/mol. The topological polar surface area (TPSA) is 64.7 Å². The Morgan fingerprint density at radius 1 is 1.07 bits per heavy atom. The molecular weight excluding hydrogens is 416 g/mol. The molecule has 0 spiro atoms. The van der Waals surface area contributed by atoms with Crippen LogP contribution in [0, 0.1) is 0 Å². The molecule has 1 aliphatic carbocycles. The van der Waals surface area contributed by atoms with Crippen molar-refractivity contribution >= 4 is 23.2 Å². The SMILES string of the molecule is FC(F)(F)c1nnc(-c2cnc(CC3(c4cccc(Cl)c4Cl)CCC3)nc2)o1. The van der Waals surface area contributed by atoms with Gasteiger partial charge in [-0.25, -0.2) is 9.97 Å². The van der Waals surface area contributed by atoms with E-state index >= 15 is 0 Å². The monoisotopic (exact) mass is 428 g/mol. The second-order valence-electron chi connectivity index (χ2n) is 6.71. The number of aromatic nitrogens is 4. The van der Waals surface area contributed by atoms with Crippen molar-refractivity contribution in [1.82, 2.24) is 20.2 Å². The zero-order valence-corrected chi connectivity index (χ0v) is 15.8. The number of alkyl halides is 3. The molecular formula is C18H13Cl2F3N4O. The highest BCUT2D eigenvalue weighted by molar-refractivity contribution is 6.42. The van der Waals surface area contributed by atoms with Crippen LogP contribution in [-0.4, -0.2) is 20.2 Å². The van der Waals surface area contributed by atoms with Crippen LogP contribution >= 0.6 is 23.2 Å². The van der Waals surface area contributed by atoms with Gasteiger partial charge in [-0.2, -0.15) is 13.2 Å². The molecule has 5 nitrogen and oxygen atoms in total. The van der Waals surface area contributed by atoms with Crippen LogP contribution in [0.4, 0.5) is 13.2 Å². The Kier molecular flexibility index (Phi) is 4.79. The van der Waals surface area contributed by atoms with Crippen LogP contribution in [0.25, 0.3) is 11.5 Å². The van der Waals surface area contributed by atoms with Crippen LogP contribution in [0.15, 0.2) is 35.0 Å². The van der Waals surface area contributed by atoms with Crippen LogP contribution in [0.5, 0.6) is 0 Å². The zero-order chi connectivity index (χ0) is 19.9. The maximum Gasteiger partial charge on any atom is 0.470 e. The molecule has 2 aromatic heterocycles. The largest absolute Gasteiger partial charge is 0.470 e. The van der Waals surface area contributed by atoms with E-state index in [0.717, 1.165) is 24.8 Å². The van der Waals surface area contributed by atoms with E-state index in [1.54, 1.807) is 6.07 Å². The van der Waals surface area contributed by atoms with E-state index < -0.39 is 12.1 Å². The fourth-order valence-electron chi connectivity index (χ4n) is 3.37. The van der Waals surface area contributed by atoms with Gasteiger partial charge in [-0.15, -0.1) is 10.2 Å². The first kappa shape index (κ1) is 19.1. The lowest BCUT2D eigenvalue weighted by atomic mass is 9.62. The van der Waals surface area contributed by atoms with Gasteiger partial charge < -0.3 is 4.42 Å². The lowest BCUT2D eigenvalue weighted by Gasteiger charge is -2.42. The third kappa shape index (κ3) is 3.46. The Bertz CT molecular complexity index is 1000. The molecule has 0 N–H and O–H groups in total. The van der Waals surface area contributed by atoms with Gasteiger partial charge >= 0.3 is 12.1 Å². The Hall–Kier alpha value is -2.19. The molecule has 0 radical (unpaired) electrons. The van der Waals surface area contributed by atoms with Crippen molar-refractivity contribution in [3.63, 3.8) is 0 Å². The maximum absolute atomic E-state index is 12.6. The van der Waals surface area contributed by atoms with E-state index in [1.807, 2.05) is 12.1 Å². The van der Waals surface area contributed by atoms with Gasteiger partial charge in [-0.05, 0) is 24.5 Å². The number of benzene rings is 1. The maximum atomic E-state index is 12.6. The molecule has 0 atom stereocenters. The van der Waals surface area contributed by atoms with Crippen molar-refractivity contribution < 1.29 is 17.6 Å². The average Bonchev–Trinajstić information content (AvgIpc) is 3.12. The standard InChI is InChI=1S/C18H13Cl2F3N4O/c19-12-4-1-3-11(14(12)20)17(5-2-6-17)7-13-24-8-10(9-25-13)15-26-27-16(28-15)18(21,22)23/h1,3-4,8-9H,2,5-7H2. The summed E-state index contributed by atoms with van der Waals surface area (Å²) >= 11 is 12.6. The van der Waals surface area contributed by atoms with Crippen LogP contribution in [0.2, 0.25) is 10.0 Å². The number of hydrogen-bond acceptors (Lipinski definition) is 5. The number of halogens is 5. The van der Waals surface area contributed by atoms with Crippen LogP contribution < -0.4 is 0 Å². The third-order valence-electron chi connectivity index (χ3n) is 4.95. The van der Waals surface area contributed by atoms with Crippen molar-refractivity contribution in [2.45, 2.75) is 37.3 Å². The van der Waals surface area contributed by atoms with E-state index in [4.69, 9.17) is 23.2 Å². The first-order valence-electron chi connectivity index (χ1n) is 8.45. The lowest BCUT2D eigenvalue weighted by Crippen LogP contribution is -2.37. The highest BCUT2D eigenvalue weighted by atomic mass is 35.5. The van der Waals surface area contributed by atoms with Gasteiger partial charge in [0.05, 0.1) is 15.6 Å². The van der Waals surface area contributed by atoms with E-state index in [9.17, 15) is 13.2 Å². The minimum absolute atomic E-state index is 0.197. The predicted octanol–water partition coefficient (Wildman–Crippen LogP) is 5.52. The first-order valence-corrected chi connectivity index (χ1v) is 9.21. The average molecular weight is 429 g/mol. The van der Waals surface area contributed by atoms with E-state index in [0.29, 0.717) is 22.3 Å². The Labute approximate surface area is 167 Å². The van der Waals surface area contributed by atoms with Gasteiger partial charge in [-0.3, -0.25) is 0 Å². The Morgan fingerprint density at radius 2 is 1.79 bits per heavy atom. The Morgan fingerprint density at radius 3 is 2.36 bits per heavy atom. The molecule has 28 heavy (non-hydrogen) atoms. The van der Waals surface area contributed by atoms with E-state index in [1.165, 1.54) is 12.4 Å². The quantitative estimate of drug-likeness (QED) is 0.547. The smallest absolute Gasteiger partial charge is 0.413 e. The van der Waals surface area contributed by atoms with Gasteiger partial charge in [0.2, 0.25) is 0 Å². The normalized spacial score (nSPS) is 16.0. The summed E-state index contributed by atoms with van der Waals surface area (Å²) in [6.45, 7) is 0. The molecule has 10 heteroatoms. The van der Waals surface area contributed by atoms with E-state index in [2.05, 4.69) is 24.6 Å². The summed E-state index contributed by atoms with van der Waals surface area (Å²) < 4.78 is 42.4. The minimum Gasteiger partial charge on any atom is -0.413 e. The number of rotatable bonds is 4. The molecule has 0 bridgehead atoms. The molecule has 0 amide bonds. The summed E-state index contributed by atoms with van der Waals surface area (Å²) in [5.41, 5.74) is 0.986. The van der Waals surface area contributed by atoms with Crippen LogP contribution in [0.3, 0.4) is 0 Å². The van der Waals surface area contributed by atoms with Crippen molar-refractivity contribution in [3.05, 3.63) is 57.9 Å². The number of hydrogen-bond donors (Lipinski definition) is 0. The molecule has 146 valence electrons. The van der Waals surface area contributed by atoms with Crippen LogP contribution in [0.1, 0.15) is 36.5 Å². The van der Waals surface area contributed by atoms with Crippen molar-refractivity contribution in [2.75, 3.05) is 0 Å². The summed E-state index contributed by atoms with van der Waals surface area (Å²) in [5.74, 6) is -1.14. The summed E-state index contributed by atoms with van der Waals surface area (Å²) in [7, 11) is 0. The fourth-order valence-corrected chi connectivity index (χ4v) is 3.87. The summed E-state index contributed by atoms with van der Waals surface area (Å²) in [5, 5.41) is 7.44. The van der Waals surface area contributed by atoms with Gasteiger partial charge in [0.15, 0.2) is 0 Å². The summed E-state index contributed by atoms with van der Waals surface area (Å²) in [6.07, 6.45) is 1.52. The highest BCUT2D eigenvalue weighted by Crippen LogP contribution is 2.49. The molecule has 1 aromatic carbocycles. The molecule has 2 heterocycles. The minimum atomic E-state index is -4.70. The van der Waals surface area contributed by atoms with Gasteiger partial charge in [0.25, 0.3) is 5.89 Å². The number of nitrogens with zero attached hydrogens (tertiary/aromatic N) is 4. The van der Waals surface area contributed by atoms with Gasteiger partial charge in [0, 0.05) is 24.2 Å². The lowest BCUT2D eigenvalue weighted by molar-refractivity contribution is -0.156.